The zero-order valence-electron chi connectivity index (χ0n) is 9.21. The Hall–Kier alpha value is -2.04. The molecule has 17 heavy (non-hydrogen) atoms. The molecule has 1 N–H and O–H groups in total. The van der Waals surface area contributed by atoms with Crippen LogP contribution in [0.1, 0.15) is 17.8 Å². The molecule has 0 spiro atoms. The Labute approximate surface area is 99.5 Å². The smallest absolute Gasteiger partial charge is 0.481 e. The molecular weight excluding hydrogens is 215 g/mol. The van der Waals surface area contributed by atoms with Gasteiger partial charge in [0.25, 0.3) is 0 Å². The molecule has 0 unspecified atom stereocenters. The molecule has 0 saturated heterocycles. The third-order valence-corrected chi connectivity index (χ3v) is 2.98. The summed E-state index contributed by atoms with van der Waals surface area (Å²) in [6.45, 7) is 0. The summed E-state index contributed by atoms with van der Waals surface area (Å²) in [5.41, 5.74) is 3.26. The number of carbonyl (C=O) groups is 1. The predicted octanol–water partition coefficient (Wildman–Crippen LogP) is 0.895. The van der Waals surface area contributed by atoms with Crippen molar-refractivity contribution in [3.63, 3.8) is 0 Å². The average molecular weight is 226 g/mol. The number of nitrogens with zero attached hydrogens (tertiary/aromatic N) is 2. The van der Waals surface area contributed by atoms with E-state index in [1.165, 1.54) is 0 Å². The fourth-order valence-corrected chi connectivity index (χ4v) is 2.12. The van der Waals surface area contributed by atoms with Gasteiger partial charge in [-0.15, -0.1) is 0 Å². The first-order valence-electron chi connectivity index (χ1n) is 5.52. The highest BCUT2D eigenvalue weighted by Crippen LogP contribution is 2.20. The van der Waals surface area contributed by atoms with Gasteiger partial charge in [0.15, 0.2) is 5.70 Å². The number of carboxylic acids is 1. The van der Waals surface area contributed by atoms with E-state index < -0.39 is 5.97 Å². The second-order valence-corrected chi connectivity index (χ2v) is 4.11. The molecule has 0 bridgehead atoms. The average Bonchev–Trinajstić information content (AvgIpc) is 2.88. The van der Waals surface area contributed by atoms with Crippen LogP contribution in [0.3, 0.4) is 0 Å². The number of hydrogen-bond acceptors (Lipinski definition) is 1. The van der Waals surface area contributed by atoms with Crippen LogP contribution in [-0.4, -0.2) is 33.8 Å². The van der Waals surface area contributed by atoms with Gasteiger partial charge < -0.3 is 9.58 Å². The molecule has 0 amide bonds. The minimum atomic E-state index is -0.762. The highest BCUT2D eigenvalue weighted by molar-refractivity contribution is 6.27. The van der Waals surface area contributed by atoms with Crippen LogP contribution in [0.15, 0.2) is 30.0 Å². The lowest BCUT2D eigenvalue weighted by Gasteiger charge is -2.10. The van der Waals surface area contributed by atoms with Crippen LogP contribution in [0.4, 0.5) is 0 Å². The van der Waals surface area contributed by atoms with Crippen LogP contribution < -0.4 is 0 Å². The molecule has 2 aliphatic rings. The first-order valence-corrected chi connectivity index (χ1v) is 5.52. The Morgan fingerprint density at radius 2 is 2.35 bits per heavy atom. The van der Waals surface area contributed by atoms with E-state index in [2.05, 4.69) is 6.08 Å². The summed E-state index contributed by atoms with van der Waals surface area (Å²) in [6, 6.07) is 4.00. The van der Waals surface area contributed by atoms with Gasteiger partial charge in [-0.05, 0) is 18.6 Å². The number of aryl methyl sites for hydroxylation is 1. The molecule has 0 aliphatic carbocycles. The van der Waals surface area contributed by atoms with Crippen molar-refractivity contribution in [1.29, 1.82) is 0 Å². The van der Waals surface area contributed by atoms with Crippen LogP contribution in [0, 0.1) is 0 Å². The van der Waals surface area contributed by atoms with Crippen LogP contribution >= 0.6 is 0 Å². The maximum Gasteiger partial charge on any atom is 0.699 e. The second-order valence-electron chi connectivity index (χ2n) is 4.11. The van der Waals surface area contributed by atoms with Crippen LogP contribution in [-0.2, 0) is 11.2 Å². The summed E-state index contributed by atoms with van der Waals surface area (Å²) in [5.74, 6) is -0.762. The van der Waals surface area contributed by atoms with Crippen molar-refractivity contribution in [2.24, 2.45) is 0 Å². The van der Waals surface area contributed by atoms with E-state index in [-0.39, 0.29) is 6.42 Å². The summed E-state index contributed by atoms with van der Waals surface area (Å²) < 4.78 is 4.06. The predicted molar refractivity (Wildman–Crippen MR) is 65.0 cm³/mol. The maximum atomic E-state index is 10.6. The monoisotopic (exact) mass is 226 g/mol. The largest absolute Gasteiger partial charge is 0.699 e. The molecule has 0 fully saturated rings. The van der Waals surface area contributed by atoms with Crippen LogP contribution in [0.25, 0.3) is 6.08 Å². The highest BCUT2D eigenvalue weighted by Gasteiger charge is 2.28. The number of aromatic nitrogens is 1. The van der Waals surface area contributed by atoms with E-state index in [0.717, 1.165) is 17.1 Å². The van der Waals surface area contributed by atoms with E-state index in [1.807, 2.05) is 47.0 Å². The molecule has 1 radical (unpaired) electrons. The van der Waals surface area contributed by atoms with Crippen LogP contribution in [0.5, 0.6) is 0 Å². The van der Waals surface area contributed by atoms with Gasteiger partial charge in [-0.2, -0.15) is 0 Å². The van der Waals surface area contributed by atoms with Crippen molar-refractivity contribution in [1.82, 2.24) is 4.48 Å². The summed E-state index contributed by atoms with van der Waals surface area (Å²) >= 11 is 0. The third-order valence-electron chi connectivity index (χ3n) is 2.98. The second kappa shape index (κ2) is 3.77. The Morgan fingerprint density at radius 3 is 3.18 bits per heavy atom. The van der Waals surface area contributed by atoms with Gasteiger partial charge in [-0.25, -0.2) is 0 Å². The van der Waals surface area contributed by atoms with Gasteiger partial charge in [-0.3, -0.25) is 9.28 Å². The van der Waals surface area contributed by atoms with Gasteiger partial charge >= 0.3 is 13.5 Å². The van der Waals surface area contributed by atoms with Crippen molar-refractivity contribution >= 4 is 25.8 Å². The summed E-state index contributed by atoms with van der Waals surface area (Å²) in [5, 5.41) is 8.71. The lowest BCUT2D eigenvalue weighted by molar-refractivity contribution is -0.306. The Kier molecular flexibility index (Phi) is 2.25. The van der Waals surface area contributed by atoms with Gasteiger partial charge in [0, 0.05) is 29.6 Å². The van der Waals surface area contributed by atoms with Crippen LogP contribution in [0.2, 0.25) is 0 Å². The van der Waals surface area contributed by atoms with Crippen molar-refractivity contribution < 1.29 is 14.4 Å². The van der Waals surface area contributed by atoms with E-state index in [0.29, 0.717) is 6.42 Å². The van der Waals surface area contributed by atoms with E-state index in [1.54, 1.807) is 0 Å². The summed E-state index contributed by atoms with van der Waals surface area (Å²) in [6.07, 6.45) is 8.82. The van der Waals surface area contributed by atoms with Gasteiger partial charge in [-0.1, -0.05) is 0 Å². The van der Waals surface area contributed by atoms with E-state index >= 15 is 0 Å². The van der Waals surface area contributed by atoms with Crippen molar-refractivity contribution in [2.45, 2.75) is 12.8 Å². The lowest BCUT2D eigenvalue weighted by Crippen LogP contribution is -2.27. The summed E-state index contributed by atoms with van der Waals surface area (Å²) in [7, 11) is 1.99. The SMILES string of the molecule is O=C(O)CCc1ccc2n1[B][N+]1=CC=CC1=C2. The van der Waals surface area contributed by atoms with Crippen molar-refractivity contribution in [3.05, 3.63) is 41.4 Å². The molecule has 83 valence electrons. The fraction of sp³-hybridized carbons (Fsp3) is 0.167. The standard InChI is InChI=1S/C12H11BN2O2/c16-12(17)6-5-9-3-4-11-8-10-2-1-7-14(10)13-15(9)11/h1-4,7-8H,5-6H2,(H,16,17)/q+1. The third kappa shape index (κ3) is 1.73. The normalized spacial score (nSPS) is 15.8. The quantitative estimate of drug-likeness (QED) is 0.778. The van der Waals surface area contributed by atoms with Crippen molar-refractivity contribution in [2.75, 3.05) is 0 Å². The molecule has 4 nitrogen and oxygen atoms in total. The Balaban J connectivity index is 1.90. The van der Waals surface area contributed by atoms with Gasteiger partial charge in [0.1, 0.15) is 6.21 Å². The first kappa shape index (κ1) is 10.1. The Morgan fingerprint density at radius 1 is 1.47 bits per heavy atom. The molecule has 1 aromatic rings. The van der Waals surface area contributed by atoms with E-state index in [4.69, 9.17) is 5.11 Å². The molecule has 0 atom stereocenters. The molecule has 3 heterocycles. The number of hydrogen-bond donors (Lipinski definition) is 1. The maximum absolute atomic E-state index is 10.6. The van der Waals surface area contributed by atoms with Crippen molar-refractivity contribution in [3.8, 4) is 0 Å². The van der Waals surface area contributed by atoms with Gasteiger partial charge in [0.2, 0.25) is 0 Å². The molecule has 1 aromatic heterocycles. The Bertz CT molecular complexity index is 581. The zero-order chi connectivity index (χ0) is 11.8. The molecule has 5 heteroatoms. The number of carboxylic acid groups (broad SMARTS) is 1. The number of rotatable bonds is 3. The molecule has 0 aromatic carbocycles. The minimum absolute atomic E-state index is 0.163. The lowest BCUT2D eigenvalue weighted by atomic mass is 10.0. The highest BCUT2D eigenvalue weighted by atomic mass is 16.4. The fourth-order valence-electron chi connectivity index (χ4n) is 2.12. The zero-order valence-corrected chi connectivity index (χ0v) is 9.21. The molecular formula is C12H11BN2O2+. The van der Waals surface area contributed by atoms with E-state index in [9.17, 15) is 4.79 Å². The first-order chi connectivity index (χ1) is 8.24. The number of allylic oxidation sites excluding steroid dienone is 2. The topological polar surface area (TPSA) is 45.2 Å². The summed E-state index contributed by atoms with van der Waals surface area (Å²) in [4.78, 5) is 10.6. The molecule has 2 aliphatic heterocycles. The minimum Gasteiger partial charge on any atom is -0.481 e. The number of fused-ring (bicyclic) bond motifs is 2. The molecule has 0 saturated carbocycles. The van der Waals surface area contributed by atoms with Gasteiger partial charge in [0.05, 0.1) is 6.42 Å². The molecule has 3 rings (SSSR count). The number of aliphatic carboxylic acids is 1.